The summed E-state index contributed by atoms with van der Waals surface area (Å²) in [6.07, 6.45) is 16.6. The Morgan fingerprint density at radius 2 is 1.14 bits per heavy atom. The Morgan fingerprint density at radius 3 is 1.79 bits per heavy atom. The molecule has 0 aliphatic rings. The molecule has 2 aromatic carbocycles. The van der Waals surface area contributed by atoms with Crippen molar-refractivity contribution in [2.45, 2.75) is 84.0 Å². The second kappa shape index (κ2) is 15.9. The van der Waals surface area contributed by atoms with Gasteiger partial charge < -0.3 is 0 Å². The fourth-order valence-corrected chi connectivity index (χ4v) is 6.02. The van der Waals surface area contributed by atoms with Crippen molar-refractivity contribution in [3.8, 4) is 5.75 Å². The molecule has 2 heteroatoms. The number of unbranched alkanes of at least 4 members (excludes halogenated alkanes) is 11. The van der Waals surface area contributed by atoms with Crippen LogP contribution < -0.4 is 12.0 Å². The van der Waals surface area contributed by atoms with Gasteiger partial charge in [-0.15, -0.1) is 0 Å². The Balaban J connectivity index is 1.51. The summed E-state index contributed by atoms with van der Waals surface area (Å²) in [6, 6.07) is 19.5. The van der Waals surface area contributed by atoms with Crippen LogP contribution in [0, 0.1) is 0 Å². The molecule has 154 valence electrons. The fraction of sp³-hybridized carbons (Fsp3) is 0.538. The van der Waals surface area contributed by atoms with Gasteiger partial charge in [-0.3, -0.25) is 0 Å². The minimum atomic E-state index is -0.362. The molecule has 0 fully saturated rings. The number of benzene rings is 2. The topological polar surface area (TPSA) is 9.23 Å². The van der Waals surface area contributed by atoms with E-state index in [1.165, 1.54) is 84.3 Å². The van der Waals surface area contributed by atoms with Crippen molar-refractivity contribution < 1.29 is 4.74 Å². The summed E-state index contributed by atoms with van der Waals surface area (Å²) in [6.45, 7) is 3.15. The van der Waals surface area contributed by atoms with Gasteiger partial charge in [0.1, 0.15) is 0 Å². The van der Waals surface area contributed by atoms with E-state index >= 15 is 0 Å². The molecule has 0 saturated heterocycles. The standard InChI is InChI=1S/C26H38OTe/c1-2-3-4-5-6-7-8-9-10-11-12-18-23-27-25-21-16-17-22-26(25)28-24-19-14-13-15-20-24/h13-17,19-22H,2-12,18,23H2,1H3. The fourth-order valence-electron chi connectivity index (χ4n) is 3.39. The normalized spacial score (nSPS) is 10.9. The van der Waals surface area contributed by atoms with Gasteiger partial charge in [0.2, 0.25) is 0 Å². The third-order valence-electron chi connectivity index (χ3n) is 5.08. The van der Waals surface area contributed by atoms with Gasteiger partial charge in [-0.1, -0.05) is 32.6 Å². The van der Waals surface area contributed by atoms with E-state index < -0.39 is 0 Å². The molecule has 0 radical (unpaired) electrons. The minimum absolute atomic E-state index is 0.362. The second-order valence-electron chi connectivity index (χ2n) is 7.60. The van der Waals surface area contributed by atoms with Crippen LogP contribution in [0.5, 0.6) is 5.75 Å². The van der Waals surface area contributed by atoms with E-state index in [1.807, 2.05) is 0 Å². The monoisotopic (exact) mass is 496 g/mol. The summed E-state index contributed by atoms with van der Waals surface area (Å²) in [5.74, 6) is 1.11. The summed E-state index contributed by atoms with van der Waals surface area (Å²) in [4.78, 5) is 0. The molecule has 0 heterocycles. The predicted molar refractivity (Wildman–Crippen MR) is 124 cm³/mol. The van der Waals surface area contributed by atoms with Crippen LogP contribution in [0.25, 0.3) is 0 Å². The Bertz CT molecular complexity index is 611. The molecule has 0 aliphatic carbocycles. The third-order valence-corrected chi connectivity index (χ3v) is 8.12. The Morgan fingerprint density at radius 1 is 0.607 bits per heavy atom. The van der Waals surface area contributed by atoms with Gasteiger partial charge in [0, 0.05) is 0 Å². The molecule has 0 bridgehead atoms. The number of ether oxygens (including phenoxy) is 1. The molecule has 2 rings (SSSR count). The predicted octanol–water partition coefficient (Wildman–Crippen LogP) is 6.42. The Labute approximate surface area is 183 Å². The van der Waals surface area contributed by atoms with Crippen LogP contribution in [0.2, 0.25) is 0 Å². The van der Waals surface area contributed by atoms with E-state index in [4.69, 9.17) is 4.74 Å². The van der Waals surface area contributed by atoms with Crippen molar-refractivity contribution in [2.24, 2.45) is 0 Å². The first-order chi connectivity index (χ1) is 13.9. The van der Waals surface area contributed by atoms with E-state index in [0.29, 0.717) is 0 Å². The van der Waals surface area contributed by atoms with Crippen LogP contribution in [-0.2, 0) is 0 Å². The van der Waals surface area contributed by atoms with Crippen LogP contribution >= 0.6 is 0 Å². The van der Waals surface area contributed by atoms with Crippen LogP contribution in [0.3, 0.4) is 0 Å². The first kappa shape index (κ1) is 23.3. The van der Waals surface area contributed by atoms with E-state index in [-0.39, 0.29) is 20.9 Å². The van der Waals surface area contributed by atoms with Gasteiger partial charge in [-0.2, -0.15) is 0 Å². The second-order valence-corrected chi connectivity index (χ2v) is 10.8. The maximum atomic E-state index is 6.13. The molecular formula is C26H38OTe. The molecule has 0 amide bonds. The van der Waals surface area contributed by atoms with E-state index in [2.05, 4.69) is 61.5 Å². The van der Waals surface area contributed by atoms with Gasteiger partial charge in [0.15, 0.2) is 0 Å². The van der Waals surface area contributed by atoms with Crippen molar-refractivity contribution in [1.29, 1.82) is 0 Å². The molecule has 0 unspecified atom stereocenters. The summed E-state index contributed by atoms with van der Waals surface area (Å²) in [5, 5.41) is 0. The van der Waals surface area contributed by atoms with Crippen LogP contribution in [0.15, 0.2) is 54.6 Å². The number of hydrogen-bond acceptors (Lipinski definition) is 1. The van der Waals surface area contributed by atoms with Crippen LogP contribution in [-0.4, -0.2) is 27.5 Å². The zero-order valence-electron chi connectivity index (χ0n) is 17.7. The Kier molecular flexibility index (Phi) is 13.2. The molecule has 0 aliphatic heterocycles. The molecular weight excluding hydrogens is 456 g/mol. The van der Waals surface area contributed by atoms with Crippen molar-refractivity contribution in [3.63, 3.8) is 0 Å². The summed E-state index contributed by atoms with van der Waals surface area (Å²) >= 11 is -0.362. The van der Waals surface area contributed by atoms with Crippen molar-refractivity contribution in [3.05, 3.63) is 54.6 Å². The number of para-hydroxylation sites is 1. The first-order valence-electron chi connectivity index (χ1n) is 11.3. The average molecular weight is 494 g/mol. The zero-order valence-corrected chi connectivity index (χ0v) is 20.0. The van der Waals surface area contributed by atoms with Crippen LogP contribution in [0.4, 0.5) is 0 Å². The van der Waals surface area contributed by atoms with Gasteiger partial charge >= 0.3 is 151 Å². The molecule has 28 heavy (non-hydrogen) atoms. The number of rotatable bonds is 16. The molecule has 0 N–H and O–H groups in total. The number of hydrogen-bond donors (Lipinski definition) is 0. The summed E-state index contributed by atoms with van der Waals surface area (Å²) in [7, 11) is 0. The molecule has 2 aromatic rings. The van der Waals surface area contributed by atoms with E-state index in [1.54, 1.807) is 0 Å². The molecule has 0 spiro atoms. The zero-order chi connectivity index (χ0) is 19.7. The van der Waals surface area contributed by atoms with Crippen molar-refractivity contribution in [2.75, 3.05) is 6.61 Å². The van der Waals surface area contributed by atoms with Gasteiger partial charge in [-0.25, -0.2) is 0 Å². The van der Waals surface area contributed by atoms with Crippen molar-refractivity contribution >= 4 is 28.1 Å². The Hall–Kier alpha value is -0.970. The molecule has 1 nitrogen and oxygen atoms in total. The quantitative estimate of drug-likeness (QED) is 0.193. The molecule has 0 aromatic heterocycles. The third kappa shape index (κ3) is 10.5. The SMILES string of the molecule is CCCCCCCCCCCCCCOc1ccccc1[Te]c1ccccc1. The van der Waals surface area contributed by atoms with Gasteiger partial charge in [-0.05, 0) is 0 Å². The van der Waals surface area contributed by atoms with E-state index in [9.17, 15) is 0 Å². The van der Waals surface area contributed by atoms with Crippen LogP contribution in [0.1, 0.15) is 84.0 Å². The van der Waals surface area contributed by atoms with Gasteiger partial charge in [0.25, 0.3) is 0 Å². The average Bonchev–Trinajstić information content (AvgIpc) is 2.73. The first-order valence-corrected chi connectivity index (χ1v) is 13.7. The maximum absolute atomic E-state index is 6.13. The van der Waals surface area contributed by atoms with Gasteiger partial charge in [0.05, 0.1) is 0 Å². The summed E-state index contributed by atoms with van der Waals surface area (Å²) < 4.78 is 9.02. The molecule has 0 saturated carbocycles. The van der Waals surface area contributed by atoms with E-state index in [0.717, 1.165) is 12.4 Å². The van der Waals surface area contributed by atoms with Crippen molar-refractivity contribution in [1.82, 2.24) is 0 Å². The summed E-state index contributed by atoms with van der Waals surface area (Å²) in [5.41, 5.74) is 0. The molecule has 0 atom stereocenters.